The molecule has 6 nitrogen and oxygen atoms in total. The molecule has 142 valence electrons. The van der Waals surface area contributed by atoms with Crippen molar-refractivity contribution in [1.82, 2.24) is 19.5 Å². The molecule has 3 heterocycles. The van der Waals surface area contributed by atoms with Gasteiger partial charge < -0.3 is 11.1 Å². The van der Waals surface area contributed by atoms with E-state index in [2.05, 4.69) is 64.5 Å². The van der Waals surface area contributed by atoms with Gasteiger partial charge in [0.05, 0.1) is 6.04 Å². The van der Waals surface area contributed by atoms with Crippen LogP contribution >= 0.6 is 0 Å². The third kappa shape index (κ3) is 3.96. The van der Waals surface area contributed by atoms with Crippen molar-refractivity contribution in [3.05, 3.63) is 59.5 Å². The predicted octanol–water partition coefficient (Wildman–Crippen LogP) is 3.13. The molecule has 0 amide bonds. The fourth-order valence-electron chi connectivity index (χ4n) is 3.75. The average molecular weight is 364 g/mol. The Labute approximate surface area is 160 Å². The first-order valence-electron chi connectivity index (χ1n) is 9.72. The van der Waals surface area contributed by atoms with E-state index in [4.69, 9.17) is 5.73 Å². The Kier molecular flexibility index (Phi) is 5.09. The van der Waals surface area contributed by atoms with Crippen LogP contribution in [0.2, 0.25) is 0 Å². The largest absolute Gasteiger partial charge is 0.362 e. The summed E-state index contributed by atoms with van der Waals surface area (Å²) < 4.78 is 1.92. The Morgan fingerprint density at radius 1 is 1.19 bits per heavy atom. The Balaban J connectivity index is 1.57. The zero-order valence-corrected chi connectivity index (χ0v) is 16.1. The van der Waals surface area contributed by atoms with Gasteiger partial charge in [-0.05, 0) is 57.0 Å². The summed E-state index contributed by atoms with van der Waals surface area (Å²) in [7, 11) is 0. The molecule has 0 bridgehead atoms. The molecular weight excluding hydrogens is 336 g/mol. The fourth-order valence-corrected chi connectivity index (χ4v) is 3.75. The third-order valence-electron chi connectivity index (χ3n) is 5.49. The highest BCUT2D eigenvalue weighted by Gasteiger charge is 2.19. The van der Waals surface area contributed by atoms with E-state index in [1.54, 1.807) is 6.33 Å². The summed E-state index contributed by atoms with van der Waals surface area (Å²) in [6.07, 6.45) is 5.76. The number of fused-ring (bicyclic) bond motifs is 1. The minimum Gasteiger partial charge on any atom is -0.362 e. The molecule has 0 radical (unpaired) electrons. The van der Waals surface area contributed by atoms with Crippen LogP contribution in [-0.4, -0.2) is 38.6 Å². The van der Waals surface area contributed by atoms with Gasteiger partial charge >= 0.3 is 0 Å². The Bertz CT molecular complexity index is 893. The van der Waals surface area contributed by atoms with Crippen molar-refractivity contribution in [1.29, 1.82) is 0 Å². The first-order chi connectivity index (χ1) is 13.1. The van der Waals surface area contributed by atoms with Crippen LogP contribution in [0.15, 0.2) is 42.9 Å². The fraction of sp³-hybridized carbons (Fsp3) is 0.429. The molecule has 0 saturated carbocycles. The topological polar surface area (TPSA) is 71.5 Å². The number of nitrogens with two attached hydrogens (primary N) is 1. The van der Waals surface area contributed by atoms with Crippen molar-refractivity contribution in [2.45, 2.75) is 45.3 Å². The van der Waals surface area contributed by atoms with Crippen molar-refractivity contribution >= 4 is 11.3 Å². The Morgan fingerprint density at radius 3 is 2.67 bits per heavy atom. The molecule has 6 heteroatoms. The smallest absolute Gasteiger partial charge is 0.154 e. The van der Waals surface area contributed by atoms with Crippen molar-refractivity contribution in [3.8, 4) is 0 Å². The first kappa shape index (κ1) is 17.9. The highest BCUT2D eigenvalue weighted by molar-refractivity contribution is 5.72. The Morgan fingerprint density at radius 2 is 1.93 bits per heavy atom. The summed E-state index contributed by atoms with van der Waals surface area (Å²) in [6, 6.07) is 11.3. The van der Waals surface area contributed by atoms with E-state index in [9.17, 15) is 0 Å². The van der Waals surface area contributed by atoms with Gasteiger partial charge in [0, 0.05) is 18.8 Å². The monoisotopic (exact) mass is 364 g/mol. The standard InChI is InChI=1S/C21H28N6/c1-15-3-5-17(6-4-15)16(2)25-21-20-18(7-12-27(20)24-14-23-21)13-26-10-8-19(22)9-11-26/h3-7,12,14,16,19H,8-11,13,22H2,1-2H3,(H,23,24,25)/t16-/m1/s1. The van der Waals surface area contributed by atoms with E-state index in [1.165, 1.54) is 16.7 Å². The van der Waals surface area contributed by atoms with E-state index >= 15 is 0 Å². The van der Waals surface area contributed by atoms with E-state index < -0.39 is 0 Å². The number of likely N-dealkylation sites (tertiary alicyclic amines) is 1. The van der Waals surface area contributed by atoms with Crippen molar-refractivity contribution in [2.75, 3.05) is 18.4 Å². The highest BCUT2D eigenvalue weighted by atomic mass is 15.3. The molecule has 1 atom stereocenters. The lowest BCUT2D eigenvalue weighted by Gasteiger charge is -2.29. The maximum absolute atomic E-state index is 6.04. The second kappa shape index (κ2) is 7.66. The molecular formula is C21H28N6. The van der Waals surface area contributed by atoms with Gasteiger partial charge in [-0.15, -0.1) is 0 Å². The lowest BCUT2D eigenvalue weighted by molar-refractivity contribution is 0.206. The van der Waals surface area contributed by atoms with Crippen LogP contribution in [0.5, 0.6) is 0 Å². The summed E-state index contributed by atoms with van der Waals surface area (Å²) in [5.74, 6) is 0.881. The molecule has 2 aromatic heterocycles. The number of nitrogens with zero attached hydrogens (tertiary/aromatic N) is 4. The van der Waals surface area contributed by atoms with E-state index in [0.29, 0.717) is 6.04 Å². The molecule has 0 aliphatic carbocycles. The van der Waals surface area contributed by atoms with Gasteiger partial charge in [0.15, 0.2) is 5.82 Å². The van der Waals surface area contributed by atoms with Crippen LogP contribution in [0.3, 0.4) is 0 Å². The molecule has 1 aliphatic rings. The van der Waals surface area contributed by atoms with E-state index in [-0.39, 0.29) is 6.04 Å². The minimum absolute atomic E-state index is 0.167. The lowest BCUT2D eigenvalue weighted by Crippen LogP contribution is -2.39. The SMILES string of the molecule is Cc1ccc([C@@H](C)Nc2ncnn3ccc(CN4CCC(N)CC4)c23)cc1. The zero-order valence-electron chi connectivity index (χ0n) is 16.1. The number of anilines is 1. The summed E-state index contributed by atoms with van der Waals surface area (Å²) >= 11 is 0. The number of piperidine rings is 1. The molecule has 3 N–H and O–H groups in total. The van der Waals surface area contributed by atoms with Crippen molar-refractivity contribution in [3.63, 3.8) is 0 Å². The number of aromatic nitrogens is 3. The molecule has 4 rings (SSSR count). The van der Waals surface area contributed by atoms with Crippen LogP contribution in [0.25, 0.3) is 5.52 Å². The second-order valence-corrected chi connectivity index (χ2v) is 7.63. The summed E-state index contributed by atoms with van der Waals surface area (Å²) in [5.41, 5.74) is 10.9. The van der Waals surface area contributed by atoms with Crippen LogP contribution in [0.1, 0.15) is 42.5 Å². The summed E-state index contributed by atoms with van der Waals surface area (Å²) in [6.45, 7) is 7.28. The predicted molar refractivity (Wildman–Crippen MR) is 109 cm³/mol. The van der Waals surface area contributed by atoms with Crippen LogP contribution < -0.4 is 11.1 Å². The van der Waals surface area contributed by atoms with Crippen LogP contribution in [0.4, 0.5) is 5.82 Å². The first-order valence-corrected chi connectivity index (χ1v) is 9.72. The summed E-state index contributed by atoms with van der Waals surface area (Å²) in [5, 5.41) is 7.97. The number of aryl methyl sites for hydroxylation is 1. The zero-order chi connectivity index (χ0) is 18.8. The number of benzene rings is 1. The minimum atomic E-state index is 0.167. The molecule has 1 aromatic carbocycles. The maximum atomic E-state index is 6.04. The van der Waals surface area contributed by atoms with Gasteiger partial charge in [0.2, 0.25) is 0 Å². The summed E-state index contributed by atoms with van der Waals surface area (Å²) in [4.78, 5) is 7.02. The van der Waals surface area contributed by atoms with Gasteiger partial charge in [0.1, 0.15) is 11.8 Å². The molecule has 27 heavy (non-hydrogen) atoms. The molecule has 3 aromatic rings. The Hall–Kier alpha value is -2.44. The van der Waals surface area contributed by atoms with Crippen LogP contribution in [0, 0.1) is 6.92 Å². The number of hydrogen-bond donors (Lipinski definition) is 2. The van der Waals surface area contributed by atoms with Gasteiger partial charge in [-0.25, -0.2) is 9.50 Å². The third-order valence-corrected chi connectivity index (χ3v) is 5.49. The maximum Gasteiger partial charge on any atom is 0.154 e. The average Bonchev–Trinajstić information content (AvgIpc) is 3.08. The quantitative estimate of drug-likeness (QED) is 0.728. The second-order valence-electron chi connectivity index (χ2n) is 7.63. The number of hydrogen-bond acceptors (Lipinski definition) is 5. The molecule has 0 spiro atoms. The van der Waals surface area contributed by atoms with Crippen molar-refractivity contribution in [2.24, 2.45) is 5.73 Å². The molecule has 0 unspecified atom stereocenters. The van der Waals surface area contributed by atoms with Gasteiger partial charge in [0.25, 0.3) is 0 Å². The van der Waals surface area contributed by atoms with E-state index in [0.717, 1.165) is 43.8 Å². The van der Waals surface area contributed by atoms with Crippen molar-refractivity contribution < 1.29 is 0 Å². The normalized spacial score (nSPS) is 17.3. The van der Waals surface area contributed by atoms with E-state index in [1.807, 2.05) is 10.7 Å². The van der Waals surface area contributed by atoms with Crippen LogP contribution in [-0.2, 0) is 6.54 Å². The number of rotatable bonds is 5. The van der Waals surface area contributed by atoms with Gasteiger partial charge in [-0.1, -0.05) is 29.8 Å². The van der Waals surface area contributed by atoms with Gasteiger partial charge in [-0.3, -0.25) is 4.90 Å². The highest BCUT2D eigenvalue weighted by Crippen LogP contribution is 2.25. The molecule has 1 aliphatic heterocycles. The molecule has 1 fully saturated rings. The number of nitrogens with one attached hydrogen (secondary N) is 1. The molecule has 1 saturated heterocycles. The lowest BCUT2D eigenvalue weighted by atomic mass is 10.1. The van der Waals surface area contributed by atoms with Gasteiger partial charge in [-0.2, -0.15) is 5.10 Å².